The molecule has 2 rings (SSSR count). The van der Waals surface area contributed by atoms with Crippen LogP contribution in [0.1, 0.15) is 24.3 Å². The molecule has 2 aromatic rings. The molecule has 1 aromatic carbocycles. The quantitative estimate of drug-likeness (QED) is 0.675. The number of carbonyl (C=O) groups excluding carboxylic acids is 2. The lowest BCUT2D eigenvalue weighted by Gasteiger charge is -2.18. The number of carbonyl (C=O) groups is 2. The molecule has 27 heavy (non-hydrogen) atoms. The molecule has 0 unspecified atom stereocenters. The van der Waals surface area contributed by atoms with E-state index in [1.165, 1.54) is 11.8 Å². The first-order valence-corrected chi connectivity index (χ1v) is 9.40. The fraction of sp³-hybridized carbons (Fsp3) is 0.389. The predicted octanol–water partition coefficient (Wildman–Crippen LogP) is 2.55. The number of thioether (sulfide) groups is 1. The predicted molar refractivity (Wildman–Crippen MR) is 103 cm³/mol. The molecule has 0 saturated heterocycles. The Hall–Kier alpha value is -2.68. The molecule has 1 aromatic heterocycles. The zero-order valence-electron chi connectivity index (χ0n) is 15.7. The Balaban J connectivity index is 1.80. The van der Waals surface area contributed by atoms with E-state index < -0.39 is 0 Å². The third-order valence-electron chi connectivity index (χ3n) is 3.64. The van der Waals surface area contributed by atoms with E-state index in [9.17, 15) is 9.59 Å². The molecular weight excluding hydrogens is 370 g/mol. The van der Waals surface area contributed by atoms with Gasteiger partial charge in [-0.3, -0.25) is 9.59 Å². The molecular formula is C18H23N3O5S. The topological polar surface area (TPSA) is 103 Å². The van der Waals surface area contributed by atoms with Gasteiger partial charge in [-0.1, -0.05) is 5.16 Å². The number of nitrogens with one attached hydrogen (secondary N) is 2. The number of rotatable bonds is 9. The maximum Gasteiger partial charge on any atom is 0.235 e. The Bertz CT molecular complexity index is 793. The van der Waals surface area contributed by atoms with Gasteiger partial charge in [0.1, 0.15) is 17.3 Å². The van der Waals surface area contributed by atoms with Gasteiger partial charge in [0.15, 0.2) is 5.82 Å². The van der Waals surface area contributed by atoms with Crippen LogP contribution in [0.3, 0.4) is 0 Å². The first-order chi connectivity index (χ1) is 12.9. The average Bonchev–Trinajstić information content (AvgIpc) is 3.05. The van der Waals surface area contributed by atoms with E-state index >= 15 is 0 Å². The van der Waals surface area contributed by atoms with E-state index in [1.807, 2.05) is 13.0 Å². The van der Waals surface area contributed by atoms with Crippen molar-refractivity contribution < 1.29 is 23.6 Å². The Morgan fingerprint density at radius 1 is 1.19 bits per heavy atom. The van der Waals surface area contributed by atoms with Crippen LogP contribution in [0, 0.1) is 6.92 Å². The van der Waals surface area contributed by atoms with Crippen molar-refractivity contribution in [3.8, 4) is 11.5 Å². The van der Waals surface area contributed by atoms with Gasteiger partial charge in [-0.2, -0.15) is 0 Å². The molecule has 1 atom stereocenters. The van der Waals surface area contributed by atoms with Crippen molar-refractivity contribution in [1.82, 2.24) is 10.5 Å². The molecule has 1 heterocycles. The highest BCUT2D eigenvalue weighted by atomic mass is 32.2. The Kier molecular flexibility index (Phi) is 7.54. The van der Waals surface area contributed by atoms with E-state index in [4.69, 9.17) is 14.0 Å². The molecule has 0 bridgehead atoms. The minimum Gasteiger partial charge on any atom is -0.497 e. The van der Waals surface area contributed by atoms with Gasteiger partial charge in [0, 0.05) is 11.6 Å². The molecule has 0 aliphatic rings. The van der Waals surface area contributed by atoms with Gasteiger partial charge in [-0.15, -0.1) is 11.8 Å². The summed E-state index contributed by atoms with van der Waals surface area (Å²) in [6, 6.07) is 6.77. The number of aryl methyl sites for hydroxylation is 1. The number of aromatic nitrogens is 1. The lowest BCUT2D eigenvalue weighted by molar-refractivity contribution is -0.119. The summed E-state index contributed by atoms with van der Waals surface area (Å²) in [5, 5.41) is 9.18. The summed E-state index contributed by atoms with van der Waals surface area (Å²) >= 11 is 1.21. The minimum atomic E-state index is -0.268. The number of nitrogens with zero attached hydrogens (tertiary/aromatic N) is 1. The van der Waals surface area contributed by atoms with Crippen molar-refractivity contribution in [1.29, 1.82) is 0 Å². The van der Waals surface area contributed by atoms with Gasteiger partial charge in [-0.25, -0.2) is 0 Å². The summed E-state index contributed by atoms with van der Waals surface area (Å²) in [7, 11) is 3.15. The molecule has 0 aliphatic heterocycles. The summed E-state index contributed by atoms with van der Waals surface area (Å²) in [4.78, 5) is 24.0. The van der Waals surface area contributed by atoms with E-state index in [0.717, 1.165) is 5.56 Å². The fourth-order valence-electron chi connectivity index (χ4n) is 2.38. The standard InChI is InChI=1S/C18H23N3O5S/c1-11-7-16(21-26-11)20-18(23)10-27-9-17(22)19-12(2)14-8-13(24-3)5-6-15(14)25-4/h5-8,12H,9-10H2,1-4H3,(H,19,22)(H,20,21,23)/t12-/m1/s1. The fourth-order valence-corrected chi connectivity index (χ4v) is 3.01. The number of ether oxygens (including phenoxy) is 2. The van der Waals surface area contributed by atoms with Crippen LogP contribution in [0.5, 0.6) is 11.5 Å². The zero-order valence-corrected chi connectivity index (χ0v) is 16.5. The summed E-state index contributed by atoms with van der Waals surface area (Å²) in [5.41, 5.74) is 0.814. The molecule has 0 aliphatic carbocycles. The van der Waals surface area contributed by atoms with Gasteiger partial charge < -0.3 is 24.6 Å². The average molecular weight is 393 g/mol. The molecule has 8 nitrogen and oxygen atoms in total. The van der Waals surface area contributed by atoms with Crippen LogP contribution in [0.25, 0.3) is 0 Å². The highest BCUT2D eigenvalue weighted by Gasteiger charge is 2.16. The van der Waals surface area contributed by atoms with Crippen LogP contribution in [-0.2, 0) is 9.59 Å². The third-order valence-corrected chi connectivity index (χ3v) is 4.58. The first-order valence-electron chi connectivity index (χ1n) is 8.25. The second-order valence-electron chi connectivity index (χ2n) is 5.76. The normalized spacial score (nSPS) is 11.6. The number of hydrogen-bond donors (Lipinski definition) is 2. The molecule has 0 radical (unpaired) electrons. The van der Waals surface area contributed by atoms with Gasteiger partial charge >= 0.3 is 0 Å². The van der Waals surface area contributed by atoms with Crippen molar-refractivity contribution >= 4 is 29.4 Å². The van der Waals surface area contributed by atoms with Gasteiger partial charge in [-0.05, 0) is 32.0 Å². The summed E-state index contributed by atoms with van der Waals surface area (Å²) in [6.45, 7) is 3.60. The molecule has 0 fully saturated rings. The molecule has 2 amide bonds. The summed E-state index contributed by atoms with van der Waals surface area (Å²) in [5.74, 6) is 2.18. The number of hydrogen-bond acceptors (Lipinski definition) is 7. The van der Waals surface area contributed by atoms with Crippen LogP contribution in [0.4, 0.5) is 5.82 Å². The Labute approximate surface area is 162 Å². The van der Waals surface area contributed by atoms with Crippen LogP contribution in [-0.4, -0.2) is 42.7 Å². The van der Waals surface area contributed by atoms with Gasteiger partial charge in [0.25, 0.3) is 0 Å². The summed E-state index contributed by atoms with van der Waals surface area (Å²) in [6.07, 6.45) is 0. The lowest BCUT2D eigenvalue weighted by atomic mass is 10.1. The van der Waals surface area contributed by atoms with Crippen LogP contribution in [0.2, 0.25) is 0 Å². The van der Waals surface area contributed by atoms with Crippen LogP contribution in [0.15, 0.2) is 28.8 Å². The van der Waals surface area contributed by atoms with E-state index in [2.05, 4.69) is 15.8 Å². The SMILES string of the molecule is COc1ccc(OC)c([C@@H](C)NC(=O)CSCC(=O)Nc2cc(C)on2)c1. The van der Waals surface area contributed by atoms with Crippen LogP contribution >= 0.6 is 11.8 Å². The van der Waals surface area contributed by atoms with E-state index in [1.54, 1.807) is 39.3 Å². The van der Waals surface area contributed by atoms with Crippen LogP contribution < -0.4 is 20.1 Å². The smallest absolute Gasteiger partial charge is 0.235 e. The Morgan fingerprint density at radius 3 is 2.56 bits per heavy atom. The van der Waals surface area contributed by atoms with Crippen molar-refractivity contribution in [2.75, 3.05) is 31.0 Å². The van der Waals surface area contributed by atoms with Crippen molar-refractivity contribution in [2.45, 2.75) is 19.9 Å². The molecule has 0 spiro atoms. The maximum absolute atomic E-state index is 12.2. The van der Waals surface area contributed by atoms with Gasteiger partial charge in [0.2, 0.25) is 11.8 Å². The minimum absolute atomic E-state index is 0.135. The van der Waals surface area contributed by atoms with Crippen molar-refractivity contribution in [3.05, 3.63) is 35.6 Å². The molecule has 146 valence electrons. The second kappa shape index (κ2) is 9.86. The lowest BCUT2D eigenvalue weighted by Crippen LogP contribution is -2.29. The number of amides is 2. The van der Waals surface area contributed by atoms with Gasteiger partial charge in [0.05, 0.1) is 31.8 Å². The molecule has 0 saturated carbocycles. The van der Waals surface area contributed by atoms with Crippen molar-refractivity contribution in [3.63, 3.8) is 0 Å². The zero-order chi connectivity index (χ0) is 19.8. The highest BCUT2D eigenvalue weighted by molar-refractivity contribution is 8.00. The summed E-state index contributed by atoms with van der Waals surface area (Å²) < 4.78 is 15.4. The second-order valence-corrected chi connectivity index (χ2v) is 6.75. The molecule has 9 heteroatoms. The monoisotopic (exact) mass is 393 g/mol. The van der Waals surface area contributed by atoms with E-state index in [0.29, 0.717) is 23.1 Å². The third kappa shape index (κ3) is 6.21. The maximum atomic E-state index is 12.2. The Morgan fingerprint density at radius 2 is 1.93 bits per heavy atom. The van der Waals surface area contributed by atoms with E-state index in [-0.39, 0.29) is 29.4 Å². The first kappa shape index (κ1) is 20.6. The highest BCUT2D eigenvalue weighted by Crippen LogP contribution is 2.29. The number of benzene rings is 1. The molecule has 2 N–H and O–H groups in total. The largest absolute Gasteiger partial charge is 0.497 e. The van der Waals surface area contributed by atoms with Crippen molar-refractivity contribution in [2.24, 2.45) is 0 Å². The number of methoxy groups -OCH3 is 2. The number of anilines is 1.